The summed E-state index contributed by atoms with van der Waals surface area (Å²) < 4.78 is 0. The monoisotopic (exact) mass is 358 g/mol. The van der Waals surface area contributed by atoms with E-state index in [0.717, 1.165) is 31.9 Å². The van der Waals surface area contributed by atoms with Gasteiger partial charge in [-0.25, -0.2) is 0 Å². The molecule has 1 aromatic rings. The van der Waals surface area contributed by atoms with Crippen LogP contribution in [0.1, 0.15) is 13.8 Å². The van der Waals surface area contributed by atoms with Crippen LogP contribution in [-0.2, 0) is 9.59 Å². The highest BCUT2D eigenvalue weighted by molar-refractivity contribution is 5.95. The van der Waals surface area contributed by atoms with E-state index < -0.39 is 0 Å². The van der Waals surface area contributed by atoms with Gasteiger partial charge in [0.25, 0.3) is 0 Å². The lowest BCUT2D eigenvalue weighted by Gasteiger charge is -2.35. The number of para-hydroxylation sites is 1. The molecule has 0 spiro atoms. The van der Waals surface area contributed by atoms with Crippen LogP contribution in [0.5, 0.6) is 0 Å². The van der Waals surface area contributed by atoms with Crippen LogP contribution in [0, 0.1) is 0 Å². The number of hydrogen-bond donors (Lipinski definition) is 1. The van der Waals surface area contributed by atoms with Crippen LogP contribution in [0.15, 0.2) is 43.0 Å². The van der Waals surface area contributed by atoms with Crippen molar-refractivity contribution < 1.29 is 9.59 Å². The van der Waals surface area contributed by atoms with Gasteiger partial charge in [0.1, 0.15) is 0 Å². The van der Waals surface area contributed by atoms with Gasteiger partial charge < -0.3 is 10.2 Å². The van der Waals surface area contributed by atoms with Gasteiger partial charge in [0.15, 0.2) is 0 Å². The Morgan fingerprint density at radius 2 is 1.69 bits per heavy atom. The summed E-state index contributed by atoms with van der Waals surface area (Å²) in [4.78, 5) is 30.7. The molecule has 142 valence electrons. The summed E-state index contributed by atoms with van der Waals surface area (Å²) in [5.74, 6) is 0.132. The molecule has 1 aliphatic heterocycles. The third-order valence-electron chi connectivity index (χ3n) is 4.32. The third-order valence-corrected chi connectivity index (χ3v) is 4.32. The highest BCUT2D eigenvalue weighted by Crippen LogP contribution is 2.14. The van der Waals surface area contributed by atoms with E-state index in [2.05, 4.69) is 21.7 Å². The molecule has 1 heterocycles. The molecule has 2 rings (SSSR count). The van der Waals surface area contributed by atoms with Crippen molar-refractivity contribution in [3.05, 3.63) is 43.0 Å². The molecule has 2 amide bonds. The number of anilines is 1. The van der Waals surface area contributed by atoms with Crippen LogP contribution < -0.4 is 10.2 Å². The Balaban J connectivity index is 1.83. The molecule has 6 nitrogen and oxygen atoms in total. The summed E-state index contributed by atoms with van der Waals surface area (Å²) in [7, 11) is 0. The minimum absolute atomic E-state index is 0.0609. The number of amides is 2. The molecule has 0 unspecified atom stereocenters. The van der Waals surface area contributed by atoms with Crippen molar-refractivity contribution in [3.63, 3.8) is 0 Å². The van der Waals surface area contributed by atoms with E-state index in [1.165, 1.54) is 0 Å². The number of piperazine rings is 1. The molecule has 1 saturated heterocycles. The molecule has 1 N–H and O–H groups in total. The molecule has 6 heteroatoms. The Morgan fingerprint density at radius 3 is 2.23 bits per heavy atom. The fraction of sp³-hybridized carbons (Fsp3) is 0.500. The molecule has 0 radical (unpaired) electrons. The highest BCUT2D eigenvalue weighted by atomic mass is 16.2. The molecule has 0 aromatic heterocycles. The topological polar surface area (TPSA) is 55.9 Å². The maximum absolute atomic E-state index is 12.7. The Morgan fingerprint density at radius 1 is 1.12 bits per heavy atom. The van der Waals surface area contributed by atoms with E-state index in [4.69, 9.17) is 0 Å². The van der Waals surface area contributed by atoms with Crippen molar-refractivity contribution in [2.75, 3.05) is 50.7 Å². The SMILES string of the molecule is C=CCN(C(=O)CN1CCN(CC(=O)NC(C)C)CC1)c1ccccc1. The highest BCUT2D eigenvalue weighted by Gasteiger charge is 2.23. The van der Waals surface area contributed by atoms with E-state index in [1.54, 1.807) is 11.0 Å². The second-order valence-electron chi connectivity index (χ2n) is 6.90. The smallest absolute Gasteiger partial charge is 0.241 e. The lowest BCUT2D eigenvalue weighted by Crippen LogP contribution is -2.52. The van der Waals surface area contributed by atoms with Gasteiger partial charge in [-0.1, -0.05) is 24.3 Å². The van der Waals surface area contributed by atoms with E-state index in [0.29, 0.717) is 19.6 Å². The molecule has 26 heavy (non-hydrogen) atoms. The third kappa shape index (κ3) is 6.28. The standard InChI is InChI=1S/C20H30N4O2/c1-4-10-24(18-8-6-5-7-9-18)20(26)16-23-13-11-22(12-14-23)15-19(25)21-17(2)3/h4-9,17H,1,10-16H2,2-3H3,(H,21,25). The van der Waals surface area contributed by atoms with Crippen LogP contribution >= 0.6 is 0 Å². The number of hydrogen-bond acceptors (Lipinski definition) is 4. The summed E-state index contributed by atoms with van der Waals surface area (Å²) in [6, 6.07) is 9.84. The number of carbonyl (C=O) groups excluding carboxylic acids is 2. The van der Waals surface area contributed by atoms with Crippen molar-refractivity contribution in [1.82, 2.24) is 15.1 Å². The molecule has 0 bridgehead atoms. The maximum atomic E-state index is 12.7. The van der Waals surface area contributed by atoms with Crippen molar-refractivity contribution in [3.8, 4) is 0 Å². The Bertz CT molecular complexity index is 595. The van der Waals surface area contributed by atoms with Crippen molar-refractivity contribution in [2.45, 2.75) is 19.9 Å². The van der Waals surface area contributed by atoms with E-state index in [1.807, 2.05) is 44.2 Å². The van der Waals surface area contributed by atoms with Gasteiger partial charge in [0.05, 0.1) is 13.1 Å². The molecule has 0 aliphatic carbocycles. The van der Waals surface area contributed by atoms with E-state index in [9.17, 15) is 9.59 Å². The fourth-order valence-corrected chi connectivity index (χ4v) is 3.04. The number of carbonyl (C=O) groups is 2. The lowest BCUT2D eigenvalue weighted by molar-refractivity contribution is -0.124. The van der Waals surface area contributed by atoms with Crippen LogP contribution in [-0.4, -0.2) is 73.5 Å². The van der Waals surface area contributed by atoms with Crippen molar-refractivity contribution in [2.24, 2.45) is 0 Å². The number of nitrogens with one attached hydrogen (secondary N) is 1. The van der Waals surface area contributed by atoms with Gasteiger partial charge >= 0.3 is 0 Å². The number of benzene rings is 1. The molecule has 1 aliphatic rings. The van der Waals surface area contributed by atoms with Gasteiger partial charge in [-0.15, -0.1) is 6.58 Å². The Kier molecular flexibility index (Phi) is 7.81. The zero-order chi connectivity index (χ0) is 18.9. The van der Waals surface area contributed by atoms with E-state index in [-0.39, 0.29) is 17.9 Å². The second kappa shape index (κ2) is 10.1. The minimum atomic E-state index is 0.0609. The molecule has 1 aromatic carbocycles. The molecular formula is C20H30N4O2. The van der Waals surface area contributed by atoms with Crippen molar-refractivity contribution in [1.29, 1.82) is 0 Å². The molecule has 0 atom stereocenters. The maximum Gasteiger partial charge on any atom is 0.241 e. The van der Waals surface area contributed by atoms with Crippen LogP contribution in [0.3, 0.4) is 0 Å². The van der Waals surface area contributed by atoms with E-state index >= 15 is 0 Å². The minimum Gasteiger partial charge on any atom is -0.353 e. The molecular weight excluding hydrogens is 328 g/mol. The zero-order valence-electron chi connectivity index (χ0n) is 15.9. The first-order valence-electron chi connectivity index (χ1n) is 9.20. The predicted octanol–water partition coefficient (Wildman–Crippen LogP) is 1.35. The first-order valence-corrected chi connectivity index (χ1v) is 9.20. The van der Waals surface area contributed by atoms with Gasteiger partial charge in [-0.05, 0) is 26.0 Å². The van der Waals surface area contributed by atoms with Crippen LogP contribution in [0.4, 0.5) is 5.69 Å². The fourth-order valence-electron chi connectivity index (χ4n) is 3.04. The Hall–Kier alpha value is -2.18. The van der Waals surface area contributed by atoms with Crippen LogP contribution in [0.25, 0.3) is 0 Å². The summed E-state index contributed by atoms with van der Waals surface area (Å²) in [6.45, 7) is 12.2. The average molecular weight is 358 g/mol. The number of rotatable bonds is 8. The number of nitrogens with zero attached hydrogens (tertiary/aromatic N) is 3. The van der Waals surface area contributed by atoms with Crippen molar-refractivity contribution >= 4 is 17.5 Å². The molecule has 1 fully saturated rings. The second-order valence-corrected chi connectivity index (χ2v) is 6.90. The molecule has 0 saturated carbocycles. The van der Waals surface area contributed by atoms with Gasteiger partial charge in [-0.3, -0.25) is 19.4 Å². The summed E-state index contributed by atoms with van der Waals surface area (Å²) in [5.41, 5.74) is 0.890. The largest absolute Gasteiger partial charge is 0.353 e. The zero-order valence-corrected chi connectivity index (χ0v) is 15.9. The Labute approximate surface area is 156 Å². The first-order chi connectivity index (χ1) is 12.5. The first kappa shape index (κ1) is 20.1. The van der Waals surface area contributed by atoms with Gasteiger partial charge in [0.2, 0.25) is 11.8 Å². The van der Waals surface area contributed by atoms with Crippen LogP contribution in [0.2, 0.25) is 0 Å². The average Bonchev–Trinajstić information content (AvgIpc) is 2.61. The summed E-state index contributed by atoms with van der Waals surface area (Å²) in [5, 5.41) is 2.92. The quantitative estimate of drug-likeness (QED) is 0.713. The predicted molar refractivity (Wildman–Crippen MR) is 105 cm³/mol. The summed E-state index contributed by atoms with van der Waals surface area (Å²) >= 11 is 0. The van der Waals surface area contributed by atoms with Gasteiger partial charge in [0, 0.05) is 44.5 Å². The normalized spacial score (nSPS) is 15.7. The summed E-state index contributed by atoms with van der Waals surface area (Å²) in [6.07, 6.45) is 1.75. The van der Waals surface area contributed by atoms with Gasteiger partial charge in [-0.2, -0.15) is 0 Å². The lowest BCUT2D eigenvalue weighted by atomic mass is 10.2.